The molecule has 0 atom stereocenters. The number of ether oxygens (including phenoxy) is 1. The average Bonchev–Trinajstić information content (AvgIpc) is 2.94. The number of halogens is 1. The molecule has 0 saturated heterocycles. The van der Waals surface area contributed by atoms with Crippen LogP contribution in [0.5, 0.6) is 0 Å². The molecular formula is C34H54BrO2PS2. The van der Waals surface area contributed by atoms with Crippen molar-refractivity contribution in [3.8, 4) is 0 Å². The Kier molecular flexibility index (Phi) is 16.3. The molecule has 0 spiro atoms. The minimum absolute atomic E-state index is 0.0827. The average molecular weight is 670 g/mol. The van der Waals surface area contributed by atoms with Crippen LogP contribution in [0.1, 0.15) is 98.8 Å². The van der Waals surface area contributed by atoms with Crippen molar-refractivity contribution in [1.82, 2.24) is 0 Å². The van der Waals surface area contributed by atoms with Gasteiger partial charge in [-0.05, 0) is 0 Å². The number of esters is 1. The molecule has 2 nitrogen and oxygen atoms in total. The molecule has 0 radical (unpaired) electrons. The van der Waals surface area contributed by atoms with E-state index in [9.17, 15) is 4.79 Å². The summed E-state index contributed by atoms with van der Waals surface area (Å²) in [7, 11) is 0. The zero-order valence-electron chi connectivity index (χ0n) is 25.7. The van der Waals surface area contributed by atoms with Crippen LogP contribution in [-0.4, -0.2) is 40.8 Å². The quantitative estimate of drug-likeness (QED) is 0.0572. The number of benzene rings is 2. The summed E-state index contributed by atoms with van der Waals surface area (Å²) in [5, 5.41) is -2.01. The number of carbonyl (C=O) groups is 1. The van der Waals surface area contributed by atoms with Gasteiger partial charge in [-0.3, -0.25) is 0 Å². The van der Waals surface area contributed by atoms with Crippen molar-refractivity contribution in [1.29, 1.82) is 0 Å². The van der Waals surface area contributed by atoms with Crippen molar-refractivity contribution in [3.63, 3.8) is 0 Å². The van der Waals surface area contributed by atoms with Crippen LogP contribution >= 0.6 is 44.3 Å². The first-order valence-corrected chi connectivity index (χ1v) is 22.2. The molecule has 0 amide bonds. The molecule has 0 aromatic heterocycles. The van der Waals surface area contributed by atoms with Gasteiger partial charge in [-0.15, -0.1) is 0 Å². The van der Waals surface area contributed by atoms with Crippen molar-refractivity contribution in [2.75, 3.05) is 24.6 Å². The van der Waals surface area contributed by atoms with Crippen molar-refractivity contribution in [3.05, 3.63) is 60.7 Å². The second-order valence-electron chi connectivity index (χ2n) is 11.7. The molecule has 6 heteroatoms. The zero-order valence-corrected chi connectivity index (χ0v) is 29.8. The Morgan fingerprint density at radius 3 is 1.57 bits per heavy atom. The molecule has 0 aliphatic carbocycles. The molecule has 0 fully saturated rings. The van der Waals surface area contributed by atoms with Crippen LogP contribution in [0, 0.1) is 0 Å². The second-order valence-corrected chi connectivity index (χ2v) is 26.3. The summed E-state index contributed by atoms with van der Waals surface area (Å²) in [5.41, 5.74) is 0. The summed E-state index contributed by atoms with van der Waals surface area (Å²) in [6.45, 7) is 10.9. The van der Waals surface area contributed by atoms with Gasteiger partial charge in [0.05, 0.1) is 0 Å². The number of rotatable bonds is 21. The van der Waals surface area contributed by atoms with Gasteiger partial charge in [-0.25, -0.2) is 0 Å². The molecule has 0 aliphatic rings. The Balaban J connectivity index is 2.41. The van der Waals surface area contributed by atoms with E-state index in [1.807, 2.05) is 37.4 Å². The Bertz CT molecular complexity index is 904. The summed E-state index contributed by atoms with van der Waals surface area (Å²) >= 11 is 8.53. The summed E-state index contributed by atoms with van der Waals surface area (Å²) < 4.78 is 5.44. The van der Waals surface area contributed by atoms with Crippen molar-refractivity contribution >= 4 is 50.3 Å². The van der Waals surface area contributed by atoms with E-state index in [1.165, 1.54) is 79.4 Å². The van der Waals surface area contributed by atoms with E-state index < -0.39 is 5.31 Å². The molecule has 0 bridgehead atoms. The molecule has 0 saturated carbocycles. The van der Waals surface area contributed by atoms with Gasteiger partial charge in [0.2, 0.25) is 0 Å². The fourth-order valence-corrected chi connectivity index (χ4v) is 17.2. The van der Waals surface area contributed by atoms with E-state index in [2.05, 4.69) is 96.9 Å². The molecule has 226 valence electrons. The first-order chi connectivity index (χ1) is 19.2. The van der Waals surface area contributed by atoms with E-state index in [0.29, 0.717) is 6.42 Å². The Hall–Kier alpha value is -0.480. The van der Waals surface area contributed by atoms with Crippen LogP contribution in [0.25, 0.3) is 0 Å². The van der Waals surface area contributed by atoms with E-state index in [-0.39, 0.29) is 16.2 Å². The molecule has 2 aromatic rings. The van der Waals surface area contributed by atoms with Gasteiger partial charge in [0, 0.05) is 0 Å². The van der Waals surface area contributed by atoms with Crippen LogP contribution in [-0.2, 0) is 9.53 Å². The summed E-state index contributed by atoms with van der Waals surface area (Å²) in [5.74, 6) is -0.0874. The molecule has 2 rings (SSSR count). The van der Waals surface area contributed by atoms with Gasteiger partial charge in [-0.1, -0.05) is 0 Å². The normalized spacial score (nSPS) is 13.2. The van der Waals surface area contributed by atoms with Crippen LogP contribution in [0.2, 0.25) is 0 Å². The van der Waals surface area contributed by atoms with Gasteiger partial charge in [0.15, 0.2) is 0 Å². The summed E-state index contributed by atoms with van der Waals surface area (Å²) in [6, 6.07) is 21.5. The predicted octanol–water partition coefficient (Wildman–Crippen LogP) is 12.0. The van der Waals surface area contributed by atoms with E-state index in [4.69, 9.17) is 4.74 Å². The predicted molar refractivity (Wildman–Crippen MR) is 187 cm³/mol. The number of unbranched alkanes of at least 4 members (excludes halogenated alkanes) is 3. The van der Waals surface area contributed by atoms with Gasteiger partial charge >= 0.3 is 264 Å². The first-order valence-electron chi connectivity index (χ1n) is 15.6. The summed E-state index contributed by atoms with van der Waals surface area (Å²) in [4.78, 5) is 15.3. The monoisotopic (exact) mass is 668 g/mol. The number of carbonyl (C=O) groups excluding carboxylic acids is 1. The fourth-order valence-electron chi connectivity index (χ4n) is 5.45. The number of thioether (sulfide) groups is 2. The van der Waals surface area contributed by atoms with E-state index in [1.54, 1.807) is 0 Å². The molecular weight excluding hydrogens is 615 g/mol. The van der Waals surface area contributed by atoms with E-state index >= 15 is 0 Å². The maximum absolute atomic E-state index is 12.8. The third-order valence-electron chi connectivity index (χ3n) is 7.66. The molecule has 0 N–H and O–H groups in total. The molecule has 0 unspecified atom stereocenters. The number of hydrogen-bond acceptors (Lipinski definition) is 4. The van der Waals surface area contributed by atoms with Crippen LogP contribution in [0.3, 0.4) is 0 Å². The Labute approximate surface area is 262 Å². The topological polar surface area (TPSA) is 26.3 Å². The maximum atomic E-state index is 12.8. The van der Waals surface area contributed by atoms with Crippen LogP contribution in [0.15, 0.2) is 70.5 Å². The molecule has 2 aromatic carbocycles. The van der Waals surface area contributed by atoms with Crippen LogP contribution in [0.4, 0.5) is 0 Å². The van der Waals surface area contributed by atoms with Gasteiger partial charge in [0.1, 0.15) is 0 Å². The van der Waals surface area contributed by atoms with E-state index in [0.717, 1.165) is 12.8 Å². The van der Waals surface area contributed by atoms with Gasteiger partial charge in [0.25, 0.3) is 0 Å². The van der Waals surface area contributed by atoms with Crippen LogP contribution < -0.4 is 0 Å². The third kappa shape index (κ3) is 12.8. The SMILES string of the molecule is CCCCP(Br)(CCCC)(CCCC)CCCC(CCC(=O)OC(C)C)(Sc1ccccc1)Sc1ccccc1. The standard InChI is InChI=1S/C34H54BrO2PS2/c1-6-9-26-38(35,27-10-7-2,28-11-8-3)29-18-24-34(25-23-33(36)37-30(4)5,39-31-19-14-12-15-20-31)40-32-21-16-13-17-22-32/h12-17,19-22,30H,6-11,18,23-29H2,1-5H3. The van der Waals surface area contributed by atoms with Gasteiger partial charge in [-0.2, -0.15) is 0 Å². The second kappa shape index (κ2) is 18.2. The fraction of sp³-hybridized carbons (Fsp3) is 0.618. The summed E-state index contributed by atoms with van der Waals surface area (Å²) in [6.07, 6.45) is 16.5. The van der Waals surface area contributed by atoms with Gasteiger partial charge < -0.3 is 0 Å². The third-order valence-corrected chi connectivity index (χ3v) is 20.7. The molecule has 40 heavy (non-hydrogen) atoms. The Morgan fingerprint density at radius 1 is 0.750 bits per heavy atom. The van der Waals surface area contributed by atoms with Crippen molar-refractivity contribution in [2.45, 2.75) is 119 Å². The minimum atomic E-state index is -2.01. The number of hydrogen-bond donors (Lipinski definition) is 0. The Morgan fingerprint density at radius 2 is 1.18 bits per heavy atom. The first kappa shape index (κ1) is 35.7. The zero-order chi connectivity index (χ0) is 29.3. The van der Waals surface area contributed by atoms with Crippen molar-refractivity contribution < 1.29 is 9.53 Å². The molecule has 0 heterocycles. The molecule has 0 aliphatic heterocycles. The van der Waals surface area contributed by atoms with Crippen molar-refractivity contribution in [2.24, 2.45) is 0 Å².